The zero-order valence-electron chi connectivity index (χ0n) is 18.6. The van der Waals surface area contributed by atoms with Crippen LogP contribution in [0.15, 0.2) is 48.5 Å². The highest BCUT2D eigenvalue weighted by molar-refractivity contribution is 5.97. The van der Waals surface area contributed by atoms with Gasteiger partial charge in [0.05, 0.1) is 12.7 Å². The van der Waals surface area contributed by atoms with E-state index in [2.05, 4.69) is 10.6 Å². The van der Waals surface area contributed by atoms with Gasteiger partial charge in [0.1, 0.15) is 11.6 Å². The zero-order valence-corrected chi connectivity index (χ0v) is 18.6. The van der Waals surface area contributed by atoms with E-state index in [9.17, 15) is 9.59 Å². The van der Waals surface area contributed by atoms with Crippen molar-refractivity contribution in [2.24, 2.45) is 0 Å². The van der Waals surface area contributed by atoms with E-state index in [0.717, 1.165) is 16.7 Å². The quantitative estimate of drug-likeness (QED) is 0.689. The van der Waals surface area contributed by atoms with Crippen LogP contribution < -0.4 is 10.6 Å². The minimum Gasteiger partial charge on any atom is -0.444 e. The summed E-state index contributed by atoms with van der Waals surface area (Å²) in [6.45, 7) is 11.3. The van der Waals surface area contributed by atoms with E-state index in [1.807, 2.05) is 62.4 Å². The maximum absolute atomic E-state index is 13.1. The molecule has 0 radical (unpaired) electrons. The summed E-state index contributed by atoms with van der Waals surface area (Å²) in [5, 5.41) is 5.57. The average molecular weight is 413 g/mol. The van der Waals surface area contributed by atoms with Crippen molar-refractivity contribution < 1.29 is 19.1 Å². The third kappa shape index (κ3) is 7.19. The number of ether oxygens (including phenoxy) is 2. The van der Waals surface area contributed by atoms with Crippen LogP contribution in [0.2, 0.25) is 0 Å². The summed E-state index contributed by atoms with van der Waals surface area (Å²) in [5.41, 5.74) is 3.05. The Bertz CT molecular complexity index is 859. The lowest BCUT2D eigenvalue weighted by molar-refractivity contribution is -0.122. The molecule has 0 saturated heterocycles. The SMILES string of the molecule is Cc1cccc(NC(=O)[C@@H](NC(=O)OC(C)(C)C)[C@H](C)OCc2ccccc2)c1C. The number of nitrogens with one attached hydrogen (secondary N) is 2. The number of benzene rings is 2. The molecule has 0 aliphatic rings. The second kappa shape index (κ2) is 10.3. The van der Waals surface area contributed by atoms with E-state index in [0.29, 0.717) is 12.3 Å². The van der Waals surface area contributed by atoms with Crippen LogP contribution >= 0.6 is 0 Å². The summed E-state index contributed by atoms with van der Waals surface area (Å²) >= 11 is 0. The third-order valence-electron chi connectivity index (χ3n) is 4.64. The number of aryl methyl sites for hydroxylation is 1. The molecule has 6 nitrogen and oxygen atoms in total. The van der Waals surface area contributed by atoms with Gasteiger partial charge in [-0.2, -0.15) is 0 Å². The maximum Gasteiger partial charge on any atom is 0.408 e. The van der Waals surface area contributed by atoms with Crippen LogP contribution in [0.3, 0.4) is 0 Å². The van der Waals surface area contributed by atoms with Crippen LogP contribution in [0, 0.1) is 13.8 Å². The number of carbonyl (C=O) groups excluding carboxylic acids is 2. The molecule has 0 heterocycles. The van der Waals surface area contributed by atoms with Crippen molar-refractivity contribution in [2.75, 3.05) is 5.32 Å². The fourth-order valence-corrected chi connectivity index (χ4v) is 2.83. The lowest BCUT2D eigenvalue weighted by Gasteiger charge is -2.27. The fourth-order valence-electron chi connectivity index (χ4n) is 2.83. The van der Waals surface area contributed by atoms with E-state index in [1.165, 1.54) is 0 Å². The third-order valence-corrected chi connectivity index (χ3v) is 4.64. The number of rotatable bonds is 7. The minimum atomic E-state index is -0.927. The van der Waals surface area contributed by atoms with Gasteiger partial charge in [0, 0.05) is 5.69 Å². The molecule has 0 aliphatic heterocycles. The molecule has 30 heavy (non-hydrogen) atoms. The summed E-state index contributed by atoms with van der Waals surface area (Å²) in [4.78, 5) is 25.4. The summed E-state index contributed by atoms with van der Waals surface area (Å²) in [5.74, 6) is -0.366. The Hall–Kier alpha value is -2.86. The molecular weight excluding hydrogens is 380 g/mol. The Morgan fingerprint density at radius 2 is 1.67 bits per heavy atom. The number of carbonyl (C=O) groups is 2. The minimum absolute atomic E-state index is 0.325. The molecule has 0 fully saturated rings. The fraction of sp³-hybridized carbons (Fsp3) is 0.417. The normalized spacial score (nSPS) is 13.3. The van der Waals surface area contributed by atoms with Crippen LogP contribution in [0.4, 0.5) is 10.5 Å². The topological polar surface area (TPSA) is 76.7 Å². The predicted molar refractivity (Wildman–Crippen MR) is 118 cm³/mol. The molecule has 0 aromatic heterocycles. The highest BCUT2D eigenvalue weighted by Crippen LogP contribution is 2.19. The Kier molecular flexibility index (Phi) is 8.00. The first-order valence-corrected chi connectivity index (χ1v) is 10.1. The molecule has 0 unspecified atom stereocenters. The van der Waals surface area contributed by atoms with Crippen LogP contribution in [0.5, 0.6) is 0 Å². The monoisotopic (exact) mass is 412 g/mol. The van der Waals surface area contributed by atoms with Gasteiger partial charge >= 0.3 is 6.09 Å². The van der Waals surface area contributed by atoms with Gasteiger partial charge in [0.2, 0.25) is 5.91 Å². The van der Waals surface area contributed by atoms with Gasteiger partial charge in [-0.15, -0.1) is 0 Å². The summed E-state index contributed by atoms with van der Waals surface area (Å²) in [6, 6.07) is 14.4. The van der Waals surface area contributed by atoms with Gasteiger partial charge in [-0.05, 0) is 64.3 Å². The number of amides is 2. The first-order valence-electron chi connectivity index (χ1n) is 10.1. The molecule has 2 aromatic rings. The molecular formula is C24H32N2O4. The Morgan fingerprint density at radius 1 is 1.00 bits per heavy atom. The molecule has 0 saturated carbocycles. The lowest BCUT2D eigenvalue weighted by atomic mass is 10.1. The smallest absolute Gasteiger partial charge is 0.408 e. The number of alkyl carbamates (subject to hydrolysis) is 1. The highest BCUT2D eigenvalue weighted by Gasteiger charge is 2.30. The van der Waals surface area contributed by atoms with E-state index in [4.69, 9.17) is 9.47 Å². The van der Waals surface area contributed by atoms with Crippen LogP contribution in [0.25, 0.3) is 0 Å². The van der Waals surface area contributed by atoms with Crippen molar-refractivity contribution in [1.82, 2.24) is 5.32 Å². The van der Waals surface area contributed by atoms with E-state index in [1.54, 1.807) is 27.7 Å². The second-order valence-electron chi connectivity index (χ2n) is 8.36. The molecule has 6 heteroatoms. The Labute approximate surface area is 179 Å². The Balaban J connectivity index is 2.15. The average Bonchev–Trinajstić information content (AvgIpc) is 2.67. The van der Waals surface area contributed by atoms with Gasteiger partial charge < -0.3 is 20.1 Å². The van der Waals surface area contributed by atoms with Crippen molar-refractivity contribution in [3.05, 3.63) is 65.2 Å². The summed E-state index contributed by atoms with van der Waals surface area (Å²) < 4.78 is 11.2. The van der Waals surface area contributed by atoms with Crippen LogP contribution in [-0.4, -0.2) is 29.7 Å². The first-order chi connectivity index (χ1) is 14.1. The molecule has 0 aliphatic carbocycles. The Morgan fingerprint density at radius 3 is 2.30 bits per heavy atom. The number of anilines is 1. The molecule has 2 rings (SSSR count). The zero-order chi connectivity index (χ0) is 22.3. The van der Waals surface area contributed by atoms with Crippen molar-refractivity contribution in [1.29, 1.82) is 0 Å². The van der Waals surface area contributed by atoms with Crippen molar-refractivity contribution in [3.63, 3.8) is 0 Å². The van der Waals surface area contributed by atoms with Gasteiger partial charge in [-0.1, -0.05) is 42.5 Å². The molecule has 162 valence electrons. The standard InChI is InChI=1S/C24H32N2O4/c1-16-11-10-14-20(17(16)2)25-22(27)21(26-23(28)30-24(4,5)6)18(3)29-15-19-12-8-7-9-13-19/h7-14,18,21H,15H2,1-6H3,(H,25,27)(H,26,28)/t18-,21-/m0/s1. The van der Waals surface area contributed by atoms with E-state index in [-0.39, 0.29) is 5.91 Å². The van der Waals surface area contributed by atoms with E-state index >= 15 is 0 Å². The largest absolute Gasteiger partial charge is 0.444 e. The van der Waals surface area contributed by atoms with Crippen LogP contribution in [-0.2, 0) is 20.9 Å². The van der Waals surface area contributed by atoms with Crippen molar-refractivity contribution in [2.45, 2.75) is 65.9 Å². The molecule has 2 amide bonds. The molecule has 2 N–H and O–H groups in total. The number of hydrogen-bond donors (Lipinski definition) is 2. The van der Waals surface area contributed by atoms with Crippen molar-refractivity contribution >= 4 is 17.7 Å². The van der Waals surface area contributed by atoms with Crippen LogP contribution in [0.1, 0.15) is 44.4 Å². The number of hydrogen-bond acceptors (Lipinski definition) is 4. The maximum atomic E-state index is 13.1. The first kappa shape index (κ1) is 23.4. The highest BCUT2D eigenvalue weighted by atomic mass is 16.6. The van der Waals surface area contributed by atoms with E-state index < -0.39 is 23.8 Å². The van der Waals surface area contributed by atoms with Crippen molar-refractivity contribution in [3.8, 4) is 0 Å². The predicted octanol–water partition coefficient (Wildman–Crippen LogP) is 4.74. The van der Waals surface area contributed by atoms with Gasteiger partial charge in [-0.3, -0.25) is 4.79 Å². The second-order valence-corrected chi connectivity index (χ2v) is 8.36. The summed E-state index contributed by atoms with van der Waals surface area (Å²) in [7, 11) is 0. The summed E-state index contributed by atoms with van der Waals surface area (Å²) in [6.07, 6.45) is -1.25. The van der Waals surface area contributed by atoms with Gasteiger partial charge in [0.25, 0.3) is 0 Å². The molecule has 0 bridgehead atoms. The molecule has 2 aromatic carbocycles. The van der Waals surface area contributed by atoms with Gasteiger partial charge in [0.15, 0.2) is 0 Å². The van der Waals surface area contributed by atoms with Gasteiger partial charge in [-0.25, -0.2) is 4.79 Å². The molecule has 0 spiro atoms. The lowest BCUT2D eigenvalue weighted by Crippen LogP contribution is -2.52. The molecule has 2 atom stereocenters.